The number of carbonyl (C=O) groups is 4. The second-order valence-corrected chi connectivity index (χ2v) is 24.5. The zero-order chi connectivity index (χ0) is 71.7. The van der Waals surface area contributed by atoms with Crippen LogP contribution in [0.5, 0.6) is 23.0 Å². The van der Waals surface area contributed by atoms with Crippen LogP contribution in [-0.2, 0) is 25.7 Å². The zero-order valence-corrected chi connectivity index (χ0v) is 55.9. The molecule has 13 rings (SSSR count). The molecule has 1 aliphatic carbocycles. The summed E-state index contributed by atoms with van der Waals surface area (Å²) in [5, 5.41) is 45.7. The van der Waals surface area contributed by atoms with Crippen LogP contribution in [0.1, 0.15) is 130 Å². The molecule has 12 aromatic carbocycles. The van der Waals surface area contributed by atoms with E-state index in [1.165, 1.54) is 0 Å². The van der Waals surface area contributed by atoms with Gasteiger partial charge in [-0.1, -0.05) is 194 Å². The third kappa shape index (κ3) is 16.1. The summed E-state index contributed by atoms with van der Waals surface area (Å²) < 4.78 is 27.3. The molecule has 104 heavy (non-hydrogen) atoms. The van der Waals surface area contributed by atoms with Crippen LogP contribution >= 0.6 is 0 Å². The lowest BCUT2D eigenvalue weighted by atomic mass is 9.86. The molecule has 0 saturated heterocycles. The minimum atomic E-state index is -0.758. The average Bonchev–Trinajstić information content (AvgIpc) is 0.764. The van der Waals surface area contributed by atoms with Crippen molar-refractivity contribution in [2.24, 2.45) is 0 Å². The van der Waals surface area contributed by atoms with Crippen LogP contribution in [0.25, 0.3) is 46.6 Å². The van der Waals surface area contributed by atoms with Gasteiger partial charge in [0.15, 0.2) is 0 Å². The van der Waals surface area contributed by atoms with E-state index < -0.39 is 23.9 Å². The summed E-state index contributed by atoms with van der Waals surface area (Å²) in [7, 11) is 0. The van der Waals surface area contributed by atoms with E-state index in [1.54, 1.807) is 194 Å². The first-order valence-corrected chi connectivity index (χ1v) is 33.4. The van der Waals surface area contributed by atoms with Crippen molar-refractivity contribution in [1.82, 2.24) is 0 Å². The van der Waals surface area contributed by atoms with Crippen molar-refractivity contribution in [3.63, 3.8) is 0 Å². The molecule has 0 radical (unpaired) electrons. The van der Waals surface area contributed by atoms with E-state index in [9.17, 15) is 21.0 Å². The van der Waals surface area contributed by atoms with Gasteiger partial charge in [0, 0.05) is 70.2 Å². The average molecular weight is 1350 g/mol. The van der Waals surface area contributed by atoms with Crippen molar-refractivity contribution in [2.75, 3.05) is 0 Å². The van der Waals surface area contributed by atoms with Gasteiger partial charge < -0.3 is 18.9 Å². The molecule has 0 atom stereocenters. The molecule has 8 bridgehead atoms. The minimum Gasteiger partial charge on any atom is -0.422 e. The fraction of sp³-hybridized carbons (Fsp3) is 0.0435. The first-order valence-electron chi connectivity index (χ1n) is 33.4. The number of ether oxygens (including phenoxy) is 4. The molecule has 0 unspecified atom stereocenters. The minimum absolute atomic E-state index is 0.0196. The Hall–Kier alpha value is -14.6. The number of carbonyl (C=O) groups excluding carboxylic acids is 4. The zero-order valence-electron chi connectivity index (χ0n) is 55.9. The van der Waals surface area contributed by atoms with Gasteiger partial charge in [-0.2, -0.15) is 21.0 Å². The van der Waals surface area contributed by atoms with E-state index in [2.05, 4.69) is 24.3 Å². The van der Waals surface area contributed by atoms with Gasteiger partial charge in [0.25, 0.3) is 0 Å². The van der Waals surface area contributed by atoms with Crippen molar-refractivity contribution < 1.29 is 38.1 Å². The molecular weight excluding hydrogens is 1290 g/mol. The number of rotatable bonds is 16. The van der Waals surface area contributed by atoms with E-state index >= 15 is 19.2 Å². The molecule has 496 valence electrons. The number of benzene rings is 12. The summed E-state index contributed by atoms with van der Waals surface area (Å²) in [4.78, 5) is 60.6. The first-order chi connectivity index (χ1) is 51.0. The highest BCUT2D eigenvalue weighted by molar-refractivity contribution is 5.98. The largest absolute Gasteiger partial charge is 0.422 e. The third-order valence-electron chi connectivity index (χ3n) is 17.5. The van der Waals surface area contributed by atoms with Gasteiger partial charge in [-0.3, -0.25) is 0 Å². The van der Waals surface area contributed by atoms with Crippen molar-refractivity contribution in [1.29, 1.82) is 21.0 Å². The van der Waals surface area contributed by atoms with Gasteiger partial charge in [0.2, 0.25) is 0 Å². The molecule has 0 aromatic heterocycles. The molecule has 0 spiro atoms. The lowest BCUT2D eigenvalue weighted by Crippen LogP contribution is -2.16. The van der Waals surface area contributed by atoms with Gasteiger partial charge in [0.1, 0.15) is 23.0 Å². The highest BCUT2D eigenvalue weighted by atomic mass is 16.5. The quantitative estimate of drug-likeness (QED) is 0.0384. The number of allylic oxidation sites excluding steroid dienone is 4. The van der Waals surface area contributed by atoms with Crippen molar-refractivity contribution in [2.45, 2.75) is 25.7 Å². The van der Waals surface area contributed by atoms with Crippen LogP contribution in [0, 0.1) is 45.3 Å². The molecule has 0 heterocycles. The van der Waals surface area contributed by atoms with Crippen LogP contribution in [0.15, 0.2) is 291 Å². The SMILES string of the molecule is N#CC(=Cc1ccccc1)c1cc2c(OC(=O)c3ccccc3)c(c1)Cc1cc(/C(C#N)=C/c3ccccc3)cc(c1OC(=O)c1ccccc1)Cc1cc(/C(C#N)=C/c3ccccc3)cc(c1OC(=O)c1ccccc1)Cc1cc(/C(C#N)=C/c3ccccc3)cc(c1OC(=O)c1ccccc1)C2. The molecule has 12 heteroatoms. The Bertz CT molecular complexity index is 4780. The Morgan fingerprint density at radius 1 is 0.231 bits per heavy atom. The van der Waals surface area contributed by atoms with Crippen molar-refractivity contribution >= 4 is 70.5 Å². The molecule has 12 nitrogen and oxygen atoms in total. The van der Waals surface area contributed by atoms with Crippen LogP contribution in [-0.4, -0.2) is 23.9 Å². The summed E-state index contributed by atoms with van der Waals surface area (Å²) in [6, 6.07) is 94.5. The van der Waals surface area contributed by atoms with Crippen LogP contribution < -0.4 is 18.9 Å². The normalized spacial score (nSPS) is 12.0. The lowest BCUT2D eigenvalue weighted by molar-refractivity contribution is 0.0722. The molecule has 12 aromatic rings. The van der Waals surface area contributed by atoms with E-state index in [0.29, 0.717) is 89.0 Å². The number of nitriles is 4. The Labute approximate surface area is 601 Å². The maximum Gasteiger partial charge on any atom is 0.343 e. The molecule has 0 aliphatic heterocycles. The fourth-order valence-electron chi connectivity index (χ4n) is 12.5. The van der Waals surface area contributed by atoms with Gasteiger partial charge >= 0.3 is 23.9 Å². The number of hydrogen-bond acceptors (Lipinski definition) is 12. The van der Waals surface area contributed by atoms with Gasteiger partial charge in [-0.05, 0) is 166 Å². The molecule has 0 N–H and O–H groups in total. The topological polar surface area (TPSA) is 200 Å². The van der Waals surface area contributed by atoms with Crippen LogP contribution in [0.4, 0.5) is 0 Å². The Kier molecular flexibility index (Phi) is 20.9. The van der Waals surface area contributed by atoms with Gasteiger partial charge in [-0.15, -0.1) is 0 Å². The molecule has 0 amide bonds. The number of esters is 4. The molecule has 0 fully saturated rings. The molecule has 0 saturated carbocycles. The molecule has 1 aliphatic rings. The molecular formula is C92H60N4O8. The maximum atomic E-state index is 15.2. The van der Waals surface area contributed by atoms with Crippen molar-refractivity contribution in [3.05, 3.63) is 402 Å². The van der Waals surface area contributed by atoms with Crippen molar-refractivity contribution in [3.8, 4) is 47.3 Å². The number of fused-ring (bicyclic) bond motifs is 8. The van der Waals surface area contributed by atoms with E-state index in [4.69, 9.17) is 18.9 Å². The first kappa shape index (κ1) is 68.0. The highest BCUT2D eigenvalue weighted by Gasteiger charge is 2.30. The second kappa shape index (κ2) is 32.0. The number of nitrogens with zero attached hydrogens (tertiary/aromatic N) is 4. The summed E-state index contributed by atoms with van der Waals surface area (Å²) in [5.41, 5.74) is 8.17. The van der Waals surface area contributed by atoms with E-state index in [0.717, 1.165) is 0 Å². The summed E-state index contributed by atoms with van der Waals surface area (Å²) in [6.45, 7) is 0. The predicted molar refractivity (Wildman–Crippen MR) is 402 cm³/mol. The second-order valence-electron chi connectivity index (χ2n) is 24.5. The number of hydrogen-bond donors (Lipinski definition) is 0. The smallest absolute Gasteiger partial charge is 0.343 e. The Morgan fingerprint density at radius 2 is 0.385 bits per heavy atom. The highest BCUT2D eigenvalue weighted by Crippen LogP contribution is 2.44. The monoisotopic (exact) mass is 1350 g/mol. The fourth-order valence-corrected chi connectivity index (χ4v) is 12.5. The van der Waals surface area contributed by atoms with Gasteiger partial charge in [-0.25, -0.2) is 19.2 Å². The Balaban J connectivity index is 1.20. The lowest BCUT2D eigenvalue weighted by Gasteiger charge is -2.24. The summed E-state index contributed by atoms with van der Waals surface area (Å²) in [6.07, 6.45) is 5.96. The maximum absolute atomic E-state index is 15.2. The van der Waals surface area contributed by atoms with E-state index in [-0.39, 0.29) is 93.2 Å². The van der Waals surface area contributed by atoms with E-state index in [1.807, 2.05) is 121 Å². The summed E-state index contributed by atoms with van der Waals surface area (Å²) in [5.74, 6) is -2.96. The summed E-state index contributed by atoms with van der Waals surface area (Å²) >= 11 is 0. The van der Waals surface area contributed by atoms with Crippen LogP contribution in [0.3, 0.4) is 0 Å². The standard InChI is InChI=1S/C92H60N4O8/c93-57-81(41-61-25-9-1-10-26-61)69-45-73-53-75-47-70(82(58-94)42-62-27-11-2-12-28-62)49-77(86(75)102-90(98)66-35-19-6-20-36-66)55-79-51-72(84(60-96)44-64-31-15-4-16-32-64)52-80(88(79)104-92(100)68-39-23-8-24-40-68)56-78-50-71(83(59-95)43-63-29-13-3-14-30-63)48-76(87(78)103-91(99)67-37-21-7-22-38-67)54-74(46-69)85(73)101-89(97)65-33-17-5-18-34-65/h1-52H,53-56H2/b81-41+,82-42+,83-43+,84-44?. The third-order valence-corrected chi connectivity index (χ3v) is 17.5. The predicted octanol–water partition coefficient (Wildman–Crippen LogP) is 19.5. The van der Waals surface area contributed by atoms with Gasteiger partial charge in [0.05, 0.1) is 68.8 Å². The Morgan fingerprint density at radius 3 is 0.538 bits per heavy atom. The van der Waals surface area contributed by atoms with Crippen LogP contribution in [0.2, 0.25) is 0 Å².